The number of hydrogen-bond acceptors (Lipinski definition) is 3. The molecule has 2 rings (SSSR count). The van der Waals surface area contributed by atoms with E-state index in [9.17, 15) is 14.4 Å². The fourth-order valence-electron chi connectivity index (χ4n) is 2.15. The molecule has 0 aliphatic carbocycles. The van der Waals surface area contributed by atoms with E-state index in [2.05, 4.69) is 0 Å². The highest BCUT2D eigenvalue weighted by Gasteiger charge is 2.27. The Morgan fingerprint density at radius 1 is 0.810 bits per heavy atom. The van der Waals surface area contributed by atoms with Crippen LogP contribution in [0.25, 0.3) is 0 Å². The van der Waals surface area contributed by atoms with Crippen LogP contribution in [0.1, 0.15) is 34.1 Å². The molecule has 0 aliphatic heterocycles. The number of carbonyl (C=O) groups excluding carboxylic acids is 3. The van der Waals surface area contributed by atoms with Crippen LogP contribution < -0.4 is 0 Å². The van der Waals surface area contributed by atoms with Crippen LogP contribution in [0.2, 0.25) is 0 Å². The van der Waals surface area contributed by atoms with Crippen molar-refractivity contribution in [2.24, 2.45) is 5.92 Å². The molecule has 0 heterocycles. The first-order chi connectivity index (χ1) is 10.1. The third kappa shape index (κ3) is 3.72. The minimum absolute atomic E-state index is 0.0902. The van der Waals surface area contributed by atoms with Gasteiger partial charge in [-0.25, -0.2) is 0 Å². The van der Waals surface area contributed by atoms with E-state index in [0.717, 1.165) is 0 Å². The minimum Gasteiger partial charge on any atom is -0.299 e. The first-order valence-electron chi connectivity index (χ1n) is 6.77. The summed E-state index contributed by atoms with van der Waals surface area (Å²) in [6.45, 7) is 1.35. The van der Waals surface area contributed by atoms with Crippen LogP contribution in [0.3, 0.4) is 0 Å². The zero-order valence-corrected chi connectivity index (χ0v) is 11.8. The Kier molecular flexibility index (Phi) is 4.77. The van der Waals surface area contributed by atoms with Gasteiger partial charge in [0, 0.05) is 17.5 Å². The fraction of sp³-hybridized carbons (Fsp3) is 0.167. The molecule has 0 radical (unpaired) electrons. The smallest absolute Gasteiger partial charge is 0.173 e. The molecule has 0 aromatic heterocycles. The average molecular weight is 280 g/mol. The van der Waals surface area contributed by atoms with Crippen LogP contribution in [0, 0.1) is 5.92 Å². The van der Waals surface area contributed by atoms with E-state index in [0.29, 0.717) is 11.1 Å². The second-order valence-electron chi connectivity index (χ2n) is 4.89. The summed E-state index contributed by atoms with van der Waals surface area (Å²) in [6, 6.07) is 17.3. The molecule has 0 amide bonds. The van der Waals surface area contributed by atoms with E-state index in [-0.39, 0.29) is 23.8 Å². The van der Waals surface area contributed by atoms with Crippen molar-refractivity contribution in [2.45, 2.75) is 13.3 Å². The number of rotatable bonds is 6. The van der Waals surface area contributed by atoms with Gasteiger partial charge in [-0.2, -0.15) is 0 Å². The van der Waals surface area contributed by atoms with Crippen molar-refractivity contribution in [3.63, 3.8) is 0 Å². The van der Waals surface area contributed by atoms with Gasteiger partial charge in [-0.05, 0) is 6.92 Å². The lowest BCUT2D eigenvalue weighted by Crippen LogP contribution is -2.25. The molecule has 0 saturated heterocycles. The third-order valence-corrected chi connectivity index (χ3v) is 3.35. The molecule has 0 fully saturated rings. The lowest BCUT2D eigenvalue weighted by atomic mass is 9.88. The summed E-state index contributed by atoms with van der Waals surface area (Å²) in [6.07, 6.45) is -0.0902. The number of Topliss-reactive ketones (excluding diaryl/α,β-unsaturated/α-hetero) is 3. The number of benzene rings is 2. The molecule has 0 N–H and O–H groups in total. The largest absolute Gasteiger partial charge is 0.299 e. The standard InChI is InChI=1S/C18H16O3/c1-13(19)16(18(21)15-10-6-3-7-11-15)12-17(20)14-8-4-2-5-9-14/h2-11,16H,12H2,1H3/t16-/m0/s1. The van der Waals surface area contributed by atoms with Gasteiger partial charge >= 0.3 is 0 Å². The van der Waals surface area contributed by atoms with E-state index in [1.54, 1.807) is 54.6 Å². The summed E-state index contributed by atoms with van der Waals surface area (Å²) in [5.41, 5.74) is 0.975. The van der Waals surface area contributed by atoms with Gasteiger partial charge in [0.2, 0.25) is 0 Å². The topological polar surface area (TPSA) is 51.2 Å². The zero-order valence-electron chi connectivity index (χ0n) is 11.8. The van der Waals surface area contributed by atoms with Crippen LogP contribution in [0.5, 0.6) is 0 Å². The first-order valence-corrected chi connectivity index (χ1v) is 6.77. The Labute approximate surface area is 123 Å². The van der Waals surface area contributed by atoms with Crippen molar-refractivity contribution in [1.29, 1.82) is 0 Å². The summed E-state index contributed by atoms with van der Waals surface area (Å²) in [7, 11) is 0. The highest BCUT2D eigenvalue weighted by atomic mass is 16.2. The molecule has 1 atom stereocenters. The van der Waals surface area contributed by atoms with Gasteiger partial charge in [0.25, 0.3) is 0 Å². The minimum atomic E-state index is -0.917. The maximum Gasteiger partial charge on any atom is 0.173 e. The molecule has 0 aliphatic rings. The predicted molar refractivity (Wildman–Crippen MR) is 80.3 cm³/mol. The van der Waals surface area contributed by atoms with Crippen LogP contribution in [-0.2, 0) is 4.79 Å². The first kappa shape index (κ1) is 14.9. The van der Waals surface area contributed by atoms with Gasteiger partial charge in [0.1, 0.15) is 5.78 Å². The van der Waals surface area contributed by atoms with Gasteiger partial charge in [0.15, 0.2) is 11.6 Å². The molecular formula is C18H16O3. The Bertz CT molecular complexity index is 645. The summed E-state index contributed by atoms with van der Waals surface area (Å²) in [4.78, 5) is 36.3. The molecule has 2 aromatic rings. The van der Waals surface area contributed by atoms with E-state index in [1.807, 2.05) is 6.07 Å². The molecule has 0 spiro atoms. The molecule has 3 heteroatoms. The quantitative estimate of drug-likeness (QED) is 0.602. The zero-order chi connectivity index (χ0) is 15.2. The van der Waals surface area contributed by atoms with Crippen molar-refractivity contribution >= 4 is 17.3 Å². The average Bonchev–Trinajstić information content (AvgIpc) is 2.53. The van der Waals surface area contributed by atoms with Crippen molar-refractivity contribution in [1.82, 2.24) is 0 Å². The Hall–Kier alpha value is -2.55. The van der Waals surface area contributed by atoms with Crippen molar-refractivity contribution in [3.8, 4) is 0 Å². The molecule has 106 valence electrons. The number of carbonyl (C=O) groups is 3. The second kappa shape index (κ2) is 6.75. The molecule has 3 nitrogen and oxygen atoms in total. The highest BCUT2D eigenvalue weighted by Crippen LogP contribution is 2.17. The number of hydrogen-bond donors (Lipinski definition) is 0. The number of ketones is 3. The van der Waals surface area contributed by atoms with Crippen LogP contribution in [0.4, 0.5) is 0 Å². The summed E-state index contributed by atoms with van der Waals surface area (Å²) in [5.74, 6) is -1.69. The van der Waals surface area contributed by atoms with E-state index in [4.69, 9.17) is 0 Å². The lowest BCUT2D eigenvalue weighted by molar-refractivity contribution is -0.119. The van der Waals surface area contributed by atoms with Gasteiger partial charge in [0.05, 0.1) is 5.92 Å². The maximum absolute atomic E-state index is 12.4. The van der Waals surface area contributed by atoms with Crippen molar-refractivity contribution in [3.05, 3.63) is 71.8 Å². The monoisotopic (exact) mass is 280 g/mol. The molecule has 0 saturated carbocycles. The highest BCUT2D eigenvalue weighted by molar-refractivity contribution is 6.13. The van der Waals surface area contributed by atoms with Gasteiger partial charge in [-0.3, -0.25) is 14.4 Å². The van der Waals surface area contributed by atoms with Gasteiger partial charge in [-0.1, -0.05) is 60.7 Å². The summed E-state index contributed by atoms with van der Waals surface area (Å²) >= 11 is 0. The second-order valence-corrected chi connectivity index (χ2v) is 4.89. The SMILES string of the molecule is CC(=O)[C@H](CC(=O)c1ccccc1)C(=O)c1ccccc1. The summed E-state index contributed by atoms with van der Waals surface area (Å²) < 4.78 is 0. The van der Waals surface area contributed by atoms with Crippen molar-refractivity contribution in [2.75, 3.05) is 0 Å². The van der Waals surface area contributed by atoms with E-state index >= 15 is 0 Å². The molecule has 2 aromatic carbocycles. The normalized spacial score (nSPS) is 11.7. The van der Waals surface area contributed by atoms with Gasteiger partial charge < -0.3 is 0 Å². The maximum atomic E-state index is 12.4. The Morgan fingerprint density at radius 2 is 1.29 bits per heavy atom. The van der Waals surface area contributed by atoms with Crippen LogP contribution in [-0.4, -0.2) is 17.3 Å². The molecular weight excluding hydrogens is 264 g/mol. The fourth-order valence-corrected chi connectivity index (χ4v) is 2.15. The lowest BCUT2D eigenvalue weighted by Gasteiger charge is -2.12. The van der Waals surface area contributed by atoms with Crippen LogP contribution in [0.15, 0.2) is 60.7 Å². The Balaban J connectivity index is 2.19. The van der Waals surface area contributed by atoms with Crippen molar-refractivity contribution < 1.29 is 14.4 Å². The van der Waals surface area contributed by atoms with Crippen LogP contribution >= 0.6 is 0 Å². The third-order valence-electron chi connectivity index (χ3n) is 3.35. The molecule has 0 bridgehead atoms. The molecule has 21 heavy (non-hydrogen) atoms. The predicted octanol–water partition coefficient (Wildman–Crippen LogP) is 3.35. The molecule has 0 unspecified atom stereocenters. The van der Waals surface area contributed by atoms with Gasteiger partial charge in [-0.15, -0.1) is 0 Å². The summed E-state index contributed by atoms with van der Waals surface area (Å²) in [5, 5.41) is 0. The van der Waals surface area contributed by atoms with E-state index < -0.39 is 5.92 Å². The Morgan fingerprint density at radius 3 is 1.76 bits per heavy atom. The van der Waals surface area contributed by atoms with E-state index in [1.165, 1.54) is 6.92 Å².